The van der Waals surface area contributed by atoms with Crippen LogP contribution in [0.15, 0.2) is 11.6 Å². The van der Waals surface area contributed by atoms with Crippen LogP contribution in [0.3, 0.4) is 0 Å². The average molecular weight is 124 g/mol. The minimum absolute atomic E-state index is 0.365. The van der Waals surface area contributed by atoms with Gasteiger partial charge in [0.2, 0.25) is 0 Å². The topological polar surface area (TPSA) is 17.1 Å². The van der Waals surface area contributed by atoms with Crippen LogP contribution in [0.25, 0.3) is 0 Å². The first-order valence-electron chi connectivity index (χ1n) is 3.57. The molecule has 9 heavy (non-hydrogen) atoms. The summed E-state index contributed by atoms with van der Waals surface area (Å²) in [6, 6.07) is 0. The molecule has 1 nitrogen and oxygen atoms in total. The molecule has 0 saturated carbocycles. The molecule has 0 saturated heterocycles. The van der Waals surface area contributed by atoms with E-state index in [-0.39, 0.29) is 0 Å². The Morgan fingerprint density at radius 3 is 2.89 bits per heavy atom. The molecule has 50 valence electrons. The number of carbonyl (C=O) groups excluding carboxylic acids is 1. The monoisotopic (exact) mass is 124 g/mol. The Labute approximate surface area is 55.8 Å². The van der Waals surface area contributed by atoms with E-state index in [1.54, 1.807) is 0 Å². The fourth-order valence-corrected chi connectivity index (χ4v) is 1.15. The van der Waals surface area contributed by atoms with E-state index in [4.69, 9.17) is 0 Å². The highest BCUT2D eigenvalue weighted by molar-refractivity contribution is 5.95. The highest BCUT2D eigenvalue weighted by Crippen LogP contribution is 2.15. The Morgan fingerprint density at radius 2 is 2.44 bits per heavy atom. The van der Waals surface area contributed by atoms with Gasteiger partial charge < -0.3 is 0 Å². The third-order valence-electron chi connectivity index (χ3n) is 1.74. The second-order valence-corrected chi connectivity index (χ2v) is 2.40. The fraction of sp³-hybridized carbons (Fsp3) is 0.625. The van der Waals surface area contributed by atoms with Crippen molar-refractivity contribution >= 4 is 5.78 Å². The Kier molecular flexibility index (Phi) is 2.04. The van der Waals surface area contributed by atoms with Crippen LogP contribution in [0.4, 0.5) is 0 Å². The standard InChI is InChI=1S/C8H12O/c1-2-7-5-3-4-6-8(7)9/h5H,2-4,6H2,1H3. The van der Waals surface area contributed by atoms with Crippen LogP contribution < -0.4 is 0 Å². The van der Waals surface area contributed by atoms with Gasteiger partial charge >= 0.3 is 0 Å². The fourth-order valence-electron chi connectivity index (χ4n) is 1.15. The molecule has 0 unspecified atom stereocenters. The first-order valence-corrected chi connectivity index (χ1v) is 3.57. The van der Waals surface area contributed by atoms with Crippen molar-refractivity contribution in [2.75, 3.05) is 0 Å². The molecule has 1 rings (SSSR count). The number of hydrogen-bond donors (Lipinski definition) is 0. The normalized spacial score (nSPS) is 19.7. The third-order valence-corrected chi connectivity index (χ3v) is 1.74. The zero-order valence-electron chi connectivity index (χ0n) is 5.81. The van der Waals surface area contributed by atoms with Crippen molar-refractivity contribution in [3.8, 4) is 0 Å². The number of allylic oxidation sites excluding steroid dienone is 2. The van der Waals surface area contributed by atoms with Crippen molar-refractivity contribution in [1.82, 2.24) is 0 Å². The molecule has 0 aromatic heterocycles. The summed E-state index contributed by atoms with van der Waals surface area (Å²) in [5.41, 5.74) is 1.04. The van der Waals surface area contributed by atoms with Crippen LogP contribution in [-0.2, 0) is 4.79 Å². The van der Waals surface area contributed by atoms with Gasteiger partial charge in [0.15, 0.2) is 5.78 Å². The number of carbonyl (C=O) groups is 1. The summed E-state index contributed by atoms with van der Waals surface area (Å²) in [7, 11) is 0. The Hall–Kier alpha value is -0.590. The van der Waals surface area contributed by atoms with E-state index >= 15 is 0 Å². The van der Waals surface area contributed by atoms with Crippen molar-refractivity contribution < 1.29 is 4.79 Å². The molecule has 0 fully saturated rings. The van der Waals surface area contributed by atoms with Crippen LogP contribution in [0.1, 0.15) is 32.6 Å². The molecule has 0 atom stereocenters. The van der Waals surface area contributed by atoms with Gasteiger partial charge in [0.05, 0.1) is 0 Å². The summed E-state index contributed by atoms with van der Waals surface area (Å²) < 4.78 is 0. The van der Waals surface area contributed by atoms with Crippen molar-refractivity contribution in [2.24, 2.45) is 0 Å². The predicted octanol–water partition coefficient (Wildman–Crippen LogP) is 2.08. The molecule has 0 N–H and O–H groups in total. The minimum atomic E-state index is 0.365. The van der Waals surface area contributed by atoms with E-state index < -0.39 is 0 Å². The zero-order valence-corrected chi connectivity index (χ0v) is 5.81. The lowest BCUT2D eigenvalue weighted by Gasteiger charge is -2.07. The lowest BCUT2D eigenvalue weighted by Crippen LogP contribution is -2.05. The van der Waals surface area contributed by atoms with Crippen LogP contribution in [0.2, 0.25) is 0 Å². The van der Waals surface area contributed by atoms with E-state index in [0.717, 1.165) is 31.3 Å². The van der Waals surface area contributed by atoms with Gasteiger partial charge in [0, 0.05) is 6.42 Å². The molecule has 0 aromatic rings. The van der Waals surface area contributed by atoms with Gasteiger partial charge in [-0.2, -0.15) is 0 Å². The Bertz CT molecular complexity index is 145. The maximum absolute atomic E-state index is 11.0. The largest absolute Gasteiger partial charge is 0.295 e. The highest BCUT2D eigenvalue weighted by atomic mass is 16.1. The molecule has 0 bridgehead atoms. The summed E-state index contributed by atoms with van der Waals surface area (Å²) in [5, 5.41) is 0. The molecule has 0 amide bonds. The van der Waals surface area contributed by atoms with Gasteiger partial charge in [0.25, 0.3) is 0 Å². The lowest BCUT2D eigenvalue weighted by molar-refractivity contribution is -0.116. The van der Waals surface area contributed by atoms with Crippen molar-refractivity contribution in [3.63, 3.8) is 0 Å². The van der Waals surface area contributed by atoms with Crippen LogP contribution in [0, 0.1) is 0 Å². The van der Waals surface area contributed by atoms with E-state index in [1.807, 2.05) is 6.92 Å². The highest BCUT2D eigenvalue weighted by Gasteiger charge is 2.09. The first kappa shape index (κ1) is 6.53. The minimum Gasteiger partial charge on any atom is -0.295 e. The van der Waals surface area contributed by atoms with E-state index in [1.165, 1.54) is 0 Å². The Balaban J connectivity index is 2.64. The van der Waals surface area contributed by atoms with Crippen LogP contribution in [-0.4, -0.2) is 5.78 Å². The number of ketones is 1. The molecule has 1 aliphatic rings. The molecule has 0 aromatic carbocycles. The van der Waals surface area contributed by atoms with Crippen molar-refractivity contribution in [3.05, 3.63) is 11.6 Å². The van der Waals surface area contributed by atoms with Crippen molar-refractivity contribution in [2.45, 2.75) is 32.6 Å². The van der Waals surface area contributed by atoms with Gasteiger partial charge in [-0.3, -0.25) is 4.79 Å². The Morgan fingerprint density at radius 1 is 1.67 bits per heavy atom. The zero-order chi connectivity index (χ0) is 6.69. The van der Waals surface area contributed by atoms with Gasteiger partial charge in [-0.1, -0.05) is 13.0 Å². The van der Waals surface area contributed by atoms with Gasteiger partial charge in [-0.25, -0.2) is 0 Å². The molecule has 1 heteroatoms. The van der Waals surface area contributed by atoms with E-state index in [0.29, 0.717) is 5.78 Å². The molecule has 0 spiro atoms. The maximum Gasteiger partial charge on any atom is 0.158 e. The van der Waals surface area contributed by atoms with Crippen LogP contribution in [0.5, 0.6) is 0 Å². The lowest BCUT2D eigenvalue weighted by atomic mass is 9.97. The van der Waals surface area contributed by atoms with Crippen LogP contribution >= 0.6 is 0 Å². The average Bonchev–Trinajstić information content (AvgIpc) is 1.89. The molecule has 0 radical (unpaired) electrons. The second-order valence-electron chi connectivity index (χ2n) is 2.40. The summed E-state index contributed by atoms with van der Waals surface area (Å²) in [4.78, 5) is 11.0. The number of Topliss-reactive ketones (excluding diaryl/α,β-unsaturated/α-hetero) is 1. The van der Waals surface area contributed by atoms with Gasteiger partial charge in [-0.15, -0.1) is 0 Å². The summed E-state index contributed by atoms with van der Waals surface area (Å²) in [6.07, 6.45) is 5.93. The van der Waals surface area contributed by atoms with Gasteiger partial charge in [0.1, 0.15) is 0 Å². The SMILES string of the molecule is CCC1=CCCCC1=O. The summed E-state index contributed by atoms with van der Waals surface area (Å²) >= 11 is 0. The molecular formula is C8H12O. The first-order chi connectivity index (χ1) is 4.34. The quantitative estimate of drug-likeness (QED) is 0.523. The van der Waals surface area contributed by atoms with Gasteiger partial charge in [-0.05, 0) is 24.8 Å². The molecule has 0 aliphatic heterocycles. The predicted molar refractivity (Wildman–Crippen MR) is 37.2 cm³/mol. The maximum atomic E-state index is 11.0. The van der Waals surface area contributed by atoms with Crippen molar-refractivity contribution in [1.29, 1.82) is 0 Å². The number of hydrogen-bond acceptors (Lipinski definition) is 1. The van der Waals surface area contributed by atoms with E-state index in [2.05, 4.69) is 6.08 Å². The molecule has 0 heterocycles. The summed E-state index contributed by atoms with van der Waals surface area (Å²) in [5.74, 6) is 0.365. The molecular weight excluding hydrogens is 112 g/mol. The second kappa shape index (κ2) is 2.81. The van der Waals surface area contributed by atoms with E-state index in [9.17, 15) is 4.79 Å². The number of rotatable bonds is 1. The smallest absolute Gasteiger partial charge is 0.158 e. The third kappa shape index (κ3) is 1.41. The summed E-state index contributed by atoms with van der Waals surface area (Å²) in [6.45, 7) is 2.04. The molecule has 1 aliphatic carbocycles.